The molecule has 148 valence electrons. The Balaban J connectivity index is 1.62. The smallest absolute Gasteiger partial charge is 0.281 e. The van der Waals surface area contributed by atoms with Crippen molar-refractivity contribution in [2.45, 2.75) is 0 Å². The predicted octanol–water partition coefficient (Wildman–Crippen LogP) is 0.792. The molecule has 1 aliphatic heterocycles. The number of halogens is 1. The zero-order chi connectivity index (χ0) is 19.9. The Morgan fingerprint density at radius 1 is 1.04 bits per heavy atom. The van der Waals surface area contributed by atoms with Crippen molar-refractivity contribution in [3.05, 3.63) is 35.6 Å². The monoisotopic (exact) mass is 422 g/mol. The van der Waals surface area contributed by atoms with Crippen molar-refractivity contribution in [1.82, 2.24) is 33.6 Å². The molecule has 0 amide bonds. The Morgan fingerprint density at radius 3 is 2.36 bits per heavy atom. The molecule has 0 N–H and O–H groups in total. The third-order valence-corrected chi connectivity index (χ3v) is 6.81. The lowest BCUT2D eigenvalue weighted by Gasteiger charge is -2.35. The molecule has 10 nitrogen and oxygen atoms in total. The third-order valence-electron chi connectivity index (χ3n) is 4.62. The maximum Gasteiger partial charge on any atom is 0.281 e. The lowest BCUT2D eigenvalue weighted by Crippen LogP contribution is -2.52. The maximum absolute atomic E-state index is 12.3. The fourth-order valence-corrected chi connectivity index (χ4v) is 4.30. The van der Waals surface area contributed by atoms with Crippen molar-refractivity contribution in [2.24, 2.45) is 0 Å². The molecule has 0 aliphatic carbocycles. The zero-order valence-electron chi connectivity index (χ0n) is 15.4. The molecule has 12 heteroatoms. The van der Waals surface area contributed by atoms with E-state index < -0.39 is 10.2 Å². The number of anilines is 1. The molecular weight excluding hydrogens is 404 g/mol. The van der Waals surface area contributed by atoms with Gasteiger partial charge in [-0.3, -0.25) is 0 Å². The lowest BCUT2D eigenvalue weighted by molar-refractivity contribution is 0.355. The summed E-state index contributed by atoms with van der Waals surface area (Å²) in [6.45, 7) is 1.76. The molecule has 1 aliphatic rings. The summed E-state index contributed by atoms with van der Waals surface area (Å²) in [6, 6.07) is 7.22. The number of hydrogen-bond donors (Lipinski definition) is 0. The van der Waals surface area contributed by atoms with E-state index in [9.17, 15) is 8.42 Å². The summed E-state index contributed by atoms with van der Waals surface area (Å²) in [5.74, 6) is 0.645. The molecule has 0 bridgehead atoms. The molecule has 28 heavy (non-hydrogen) atoms. The predicted molar refractivity (Wildman–Crippen MR) is 106 cm³/mol. The van der Waals surface area contributed by atoms with E-state index in [2.05, 4.69) is 20.3 Å². The van der Waals surface area contributed by atoms with Gasteiger partial charge in [-0.15, -0.1) is 5.10 Å². The van der Waals surface area contributed by atoms with Crippen molar-refractivity contribution in [2.75, 3.05) is 45.2 Å². The van der Waals surface area contributed by atoms with E-state index in [1.54, 1.807) is 16.8 Å². The molecule has 3 heterocycles. The van der Waals surface area contributed by atoms with E-state index in [0.717, 1.165) is 5.69 Å². The number of hydrogen-bond acceptors (Lipinski definition) is 7. The number of fused-ring (bicyclic) bond motifs is 1. The number of piperazine rings is 1. The van der Waals surface area contributed by atoms with E-state index in [0.29, 0.717) is 48.2 Å². The van der Waals surface area contributed by atoms with Crippen molar-refractivity contribution < 1.29 is 8.42 Å². The maximum atomic E-state index is 12.3. The Hall–Kier alpha value is -2.34. The minimum Gasteiger partial charge on any atom is -0.352 e. The van der Waals surface area contributed by atoms with Crippen molar-refractivity contribution >= 4 is 38.8 Å². The van der Waals surface area contributed by atoms with Gasteiger partial charge in [0, 0.05) is 45.3 Å². The van der Waals surface area contributed by atoms with Crippen LogP contribution in [0.3, 0.4) is 0 Å². The summed E-state index contributed by atoms with van der Waals surface area (Å²) in [5, 5.41) is 9.10. The first-order valence-electron chi connectivity index (χ1n) is 8.63. The highest BCUT2D eigenvalue weighted by Gasteiger charge is 2.30. The lowest BCUT2D eigenvalue weighted by atomic mass is 10.3. The van der Waals surface area contributed by atoms with Crippen molar-refractivity contribution in [1.29, 1.82) is 0 Å². The Kier molecular flexibility index (Phi) is 4.91. The van der Waals surface area contributed by atoms with Gasteiger partial charge in [-0.25, -0.2) is 9.97 Å². The third kappa shape index (κ3) is 3.30. The molecular formula is C16H19ClN8O2S. The van der Waals surface area contributed by atoms with Crippen LogP contribution in [0.1, 0.15) is 0 Å². The molecule has 1 aromatic carbocycles. The minimum atomic E-state index is -3.42. The molecule has 0 unspecified atom stereocenters. The van der Waals surface area contributed by atoms with Crippen molar-refractivity contribution in [3.8, 4) is 5.69 Å². The second-order valence-electron chi connectivity index (χ2n) is 6.52. The Bertz CT molecular complexity index is 1090. The van der Waals surface area contributed by atoms with Gasteiger partial charge < -0.3 is 4.90 Å². The van der Waals surface area contributed by atoms with Crippen LogP contribution in [-0.2, 0) is 10.2 Å². The van der Waals surface area contributed by atoms with Crippen LogP contribution >= 0.6 is 11.6 Å². The molecule has 0 saturated carbocycles. The summed E-state index contributed by atoms with van der Waals surface area (Å²) < 4.78 is 28.9. The SMILES string of the molecule is CN(C)S(=O)(=O)N1CCN(c2ncnc3c2nnn3-c2ccc(Cl)cc2)CC1. The van der Waals surface area contributed by atoms with E-state index in [-0.39, 0.29) is 0 Å². The van der Waals surface area contributed by atoms with Gasteiger partial charge in [-0.2, -0.15) is 21.7 Å². The topological polar surface area (TPSA) is 100 Å². The van der Waals surface area contributed by atoms with Crippen LogP contribution in [0.2, 0.25) is 5.02 Å². The summed E-state index contributed by atoms with van der Waals surface area (Å²) in [5.41, 5.74) is 1.94. The minimum absolute atomic E-state index is 0.372. The summed E-state index contributed by atoms with van der Waals surface area (Å²) in [4.78, 5) is 10.7. The average Bonchev–Trinajstić information content (AvgIpc) is 3.13. The molecule has 1 fully saturated rings. The highest BCUT2D eigenvalue weighted by atomic mass is 35.5. The van der Waals surface area contributed by atoms with Crippen LogP contribution in [-0.4, -0.2) is 82.3 Å². The fourth-order valence-electron chi connectivity index (χ4n) is 3.09. The van der Waals surface area contributed by atoms with Crippen LogP contribution < -0.4 is 4.90 Å². The highest BCUT2D eigenvalue weighted by molar-refractivity contribution is 7.86. The number of nitrogens with zero attached hydrogens (tertiary/aromatic N) is 8. The van der Waals surface area contributed by atoms with Gasteiger partial charge in [0.05, 0.1) is 5.69 Å². The van der Waals surface area contributed by atoms with Crippen LogP contribution in [0.15, 0.2) is 30.6 Å². The van der Waals surface area contributed by atoms with E-state index in [1.807, 2.05) is 17.0 Å². The first-order chi connectivity index (χ1) is 13.4. The highest BCUT2D eigenvalue weighted by Crippen LogP contribution is 2.24. The van der Waals surface area contributed by atoms with Gasteiger partial charge in [0.1, 0.15) is 6.33 Å². The van der Waals surface area contributed by atoms with Gasteiger partial charge in [-0.05, 0) is 24.3 Å². The van der Waals surface area contributed by atoms with Crippen LogP contribution in [0.5, 0.6) is 0 Å². The number of aromatic nitrogens is 5. The number of benzene rings is 1. The van der Waals surface area contributed by atoms with Crippen LogP contribution in [0, 0.1) is 0 Å². The molecule has 4 rings (SSSR count). The summed E-state index contributed by atoms with van der Waals surface area (Å²) in [6.07, 6.45) is 1.47. The van der Waals surface area contributed by atoms with Gasteiger partial charge in [0.2, 0.25) is 0 Å². The summed E-state index contributed by atoms with van der Waals surface area (Å²) in [7, 11) is -0.354. The van der Waals surface area contributed by atoms with Gasteiger partial charge in [-0.1, -0.05) is 16.8 Å². The first kappa shape index (κ1) is 19.0. The molecule has 0 radical (unpaired) electrons. The van der Waals surface area contributed by atoms with Crippen LogP contribution in [0.25, 0.3) is 16.9 Å². The van der Waals surface area contributed by atoms with Gasteiger partial charge >= 0.3 is 0 Å². The Labute approximate surface area is 167 Å². The number of rotatable bonds is 4. The molecule has 3 aromatic rings. The quantitative estimate of drug-likeness (QED) is 0.612. The van der Waals surface area contributed by atoms with Gasteiger partial charge in [0.25, 0.3) is 10.2 Å². The van der Waals surface area contributed by atoms with E-state index in [1.165, 1.54) is 29.0 Å². The van der Waals surface area contributed by atoms with Crippen molar-refractivity contribution in [3.63, 3.8) is 0 Å². The average molecular weight is 423 g/mol. The van der Waals surface area contributed by atoms with E-state index in [4.69, 9.17) is 11.6 Å². The standard InChI is InChI=1S/C16H19ClN8O2S/c1-22(2)28(26,27)24-9-7-23(8-10-24)15-14-16(19-11-18-15)25(21-20-14)13-5-3-12(17)4-6-13/h3-6,11H,7-10H2,1-2H3. The molecule has 0 spiro atoms. The second kappa shape index (κ2) is 7.24. The summed E-state index contributed by atoms with van der Waals surface area (Å²) >= 11 is 5.95. The van der Waals surface area contributed by atoms with Crippen LogP contribution in [0.4, 0.5) is 5.82 Å². The first-order valence-corrected chi connectivity index (χ1v) is 10.4. The normalized spacial score (nSPS) is 16.2. The van der Waals surface area contributed by atoms with E-state index >= 15 is 0 Å². The molecule has 2 aromatic heterocycles. The molecule has 1 saturated heterocycles. The zero-order valence-corrected chi connectivity index (χ0v) is 17.0. The van der Waals surface area contributed by atoms with Gasteiger partial charge in [0.15, 0.2) is 17.0 Å². The fraction of sp³-hybridized carbons (Fsp3) is 0.375. The molecule has 0 atom stereocenters. The largest absolute Gasteiger partial charge is 0.352 e. The second-order valence-corrected chi connectivity index (χ2v) is 9.10. The Morgan fingerprint density at radius 2 is 1.71 bits per heavy atom.